The first-order chi connectivity index (χ1) is 7.40. The van der Waals surface area contributed by atoms with Gasteiger partial charge in [0, 0.05) is 0 Å². The van der Waals surface area contributed by atoms with Crippen molar-refractivity contribution in [2.24, 2.45) is 0 Å². The third-order valence-corrected chi connectivity index (χ3v) is 3.85. The fraction of sp³-hybridized carbons (Fsp3) is 0.571. The molecule has 2 heteroatoms. The quantitative estimate of drug-likeness (QED) is 0.664. The fourth-order valence-corrected chi connectivity index (χ4v) is 3.36. The second-order valence-electron chi connectivity index (χ2n) is 6.20. The highest BCUT2D eigenvalue weighted by Crippen LogP contribution is 2.52. The zero-order chi connectivity index (χ0) is 11.6. The number of ether oxygens (including phenoxy) is 2. The molecule has 0 atom stereocenters. The molecule has 0 saturated heterocycles. The van der Waals surface area contributed by atoms with Crippen molar-refractivity contribution in [3.8, 4) is 11.5 Å². The van der Waals surface area contributed by atoms with Crippen LogP contribution in [0.1, 0.15) is 45.2 Å². The minimum absolute atomic E-state index is 0.236. The molecule has 0 aromatic heterocycles. The first-order valence-corrected chi connectivity index (χ1v) is 5.85. The highest BCUT2D eigenvalue weighted by Gasteiger charge is 2.43. The van der Waals surface area contributed by atoms with Gasteiger partial charge >= 0.3 is 0 Å². The minimum Gasteiger partial charge on any atom is -0.454 e. The predicted molar refractivity (Wildman–Crippen MR) is 63.2 cm³/mol. The van der Waals surface area contributed by atoms with Crippen LogP contribution in [0.5, 0.6) is 11.5 Å². The molecule has 3 rings (SSSR count). The van der Waals surface area contributed by atoms with E-state index in [1.54, 1.807) is 0 Å². The van der Waals surface area contributed by atoms with Crippen LogP contribution in [0, 0.1) is 0 Å². The summed E-state index contributed by atoms with van der Waals surface area (Å²) in [6.07, 6.45) is 1.18. The van der Waals surface area contributed by atoms with Crippen LogP contribution in [0.2, 0.25) is 0 Å². The largest absolute Gasteiger partial charge is 0.454 e. The molecule has 0 amide bonds. The van der Waals surface area contributed by atoms with Crippen LogP contribution >= 0.6 is 0 Å². The normalized spacial score (nSPS) is 23.2. The van der Waals surface area contributed by atoms with Gasteiger partial charge in [-0.1, -0.05) is 27.7 Å². The van der Waals surface area contributed by atoms with Gasteiger partial charge in [-0.2, -0.15) is 0 Å². The molecule has 1 aliphatic carbocycles. The fourth-order valence-electron chi connectivity index (χ4n) is 3.36. The summed E-state index contributed by atoms with van der Waals surface area (Å²) >= 11 is 0. The molecule has 0 saturated carbocycles. The SMILES string of the molecule is CC1(C)CC(C)(C)c2cc3c(cc21)OCO3. The molecule has 0 N–H and O–H groups in total. The molecular formula is C14H18O2. The summed E-state index contributed by atoms with van der Waals surface area (Å²) in [7, 11) is 0. The Kier molecular flexibility index (Phi) is 1.71. The van der Waals surface area contributed by atoms with Crippen molar-refractivity contribution in [3.63, 3.8) is 0 Å². The van der Waals surface area contributed by atoms with Crippen LogP contribution in [-0.4, -0.2) is 6.79 Å². The second kappa shape index (κ2) is 2.73. The summed E-state index contributed by atoms with van der Waals surface area (Å²) in [6.45, 7) is 9.59. The Bertz CT molecular complexity index is 417. The maximum atomic E-state index is 5.46. The molecule has 16 heavy (non-hydrogen) atoms. The summed E-state index contributed by atoms with van der Waals surface area (Å²) in [6, 6.07) is 4.35. The summed E-state index contributed by atoms with van der Waals surface area (Å²) < 4.78 is 10.9. The van der Waals surface area contributed by atoms with Crippen molar-refractivity contribution in [1.82, 2.24) is 0 Å². The number of benzene rings is 1. The van der Waals surface area contributed by atoms with E-state index in [1.165, 1.54) is 17.5 Å². The van der Waals surface area contributed by atoms with Crippen LogP contribution in [-0.2, 0) is 10.8 Å². The molecule has 0 bridgehead atoms. The molecule has 0 radical (unpaired) electrons. The molecule has 86 valence electrons. The average molecular weight is 218 g/mol. The van der Waals surface area contributed by atoms with Crippen molar-refractivity contribution in [1.29, 1.82) is 0 Å². The van der Waals surface area contributed by atoms with Gasteiger partial charge in [-0.15, -0.1) is 0 Å². The van der Waals surface area contributed by atoms with Gasteiger partial charge in [0.05, 0.1) is 0 Å². The van der Waals surface area contributed by atoms with Gasteiger partial charge in [0.1, 0.15) is 0 Å². The Hall–Kier alpha value is -1.18. The van der Waals surface area contributed by atoms with Crippen molar-refractivity contribution >= 4 is 0 Å². The Labute approximate surface area is 96.6 Å². The molecular weight excluding hydrogens is 200 g/mol. The van der Waals surface area contributed by atoms with Crippen LogP contribution in [0.3, 0.4) is 0 Å². The van der Waals surface area contributed by atoms with Gasteiger partial charge in [0.2, 0.25) is 6.79 Å². The standard InChI is InChI=1S/C14H18O2/c1-13(2)7-14(3,4)10-6-12-11(5-9(10)13)15-8-16-12/h5-6H,7-8H2,1-4H3. The molecule has 1 heterocycles. The van der Waals surface area contributed by atoms with Crippen molar-refractivity contribution in [2.75, 3.05) is 6.79 Å². The number of fused-ring (bicyclic) bond motifs is 2. The lowest BCUT2D eigenvalue weighted by atomic mass is 9.82. The van der Waals surface area contributed by atoms with E-state index in [9.17, 15) is 0 Å². The van der Waals surface area contributed by atoms with Crippen LogP contribution in [0.15, 0.2) is 12.1 Å². The average Bonchev–Trinajstić information content (AvgIpc) is 2.66. The highest BCUT2D eigenvalue weighted by atomic mass is 16.7. The molecule has 0 unspecified atom stereocenters. The van der Waals surface area contributed by atoms with Crippen LogP contribution in [0.25, 0.3) is 0 Å². The van der Waals surface area contributed by atoms with Gasteiger partial charge < -0.3 is 9.47 Å². The molecule has 2 aliphatic rings. The summed E-state index contributed by atoms with van der Waals surface area (Å²) in [4.78, 5) is 0. The van der Waals surface area contributed by atoms with E-state index in [4.69, 9.17) is 9.47 Å². The van der Waals surface area contributed by atoms with Crippen molar-refractivity contribution < 1.29 is 9.47 Å². The van der Waals surface area contributed by atoms with E-state index in [0.717, 1.165) is 11.5 Å². The van der Waals surface area contributed by atoms with E-state index >= 15 is 0 Å². The Morgan fingerprint density at radius 2 is 1.31 bits per heavy atom. The van der Waals surface area contributed by atoms with E-state index in [-0.39, 0.29) is 10.8 Å². The highest BCUT2D eigenvalue weighted by molar-refractivity contribution is 5.55. The molecule has 2 nitrogen and oxygen atoms in total. The monoisotopic (exact) mass is 218 g/mol. The van der Waals surface area contributed by atoms with E-state index < -0.39 is 0 Å². The third kappa shape index (κ3) is 1.19. The van der Waals surface area contributed by atoms with Gasteiger partial charge in [0.15, 0.2) is 11.5 Å². The van der Waals surface area contributed by atoms with E-state index in [0.29, 0.717) is 6.79 Å². The maximum Gasteiger partial charge on any atom is 0.231 e. The predicted octanol–water partition coefficient (Wildman–Crippen LogP) is 3.37. The Morgan fingerprint density at radius 3 is 1.75 bits per heavy atom. The lowest BCUT2D eigenvalue weighted by Crippen LogP contribution is -2.18. The van der Waals surface area contributed by atoms with Gasteiger partial charge in [-0.25, -0.2) is 0 Å². The first kappa shape index (κ1) is 10.0. The minimum atomic E-state index is 0.236. The summed E-state index contributed by atoms with van der Waals surface area (Å²) in [5, 5.41) is 0. The number of hydrogen-bond donors (Lipinski definition) is 0. The Morgan fingerprint density at radius 1 is 0.875 bits per heavy atom. The Balaban J connectivity index is 2.24. The van der Waals surface area contributed by atoms with Crippen LogP contribution in [0.4, 0.5) is 0 Å². The summed E-state index contributed by atoms with van der Waals surface area (Å²) in [5.74, 6) is 1.81. The van der Waals surface area contributed by atoms with Gasteiger partial charge in [-0.05, 0) is 40.5 Å². The van der Waals surface area contributed by atoms with Crippen LogP contribution < -0.4 is 9.47 Å². The molecule has 0 fully saturated rings. The lowest BCUT2D eigenvalue weighted by molar-refractivity contribution is 0.173. The maximum absolute atomic E-state index is 5.46. The zero-order valence-corrected chi connectivity index (χ0v) is 10.4. The molecule has 1 aromatic carbocycles. The number of hydrogen-bond acceptors (Lipinski definition) is 2. The lowest BCUT2D eigenvalue weighted by Gasteiger charge is -2.22. The second-order valence-corrected chi connectivity index (χ2v) is 6.20. The third-order valence-electron chi connectivity index (χ3n) is 3.85. The molecule has 0 spiro atoms. The van der Waals surface area contributed by atoms with E-state index in [2.05, 4.69) is 39.8 Å². The van der Waals surface area contributed by atoms with E-state index in [1.807, 2.05) is 0 Å². The van der Waals surface area contributed by atoms with Crippen molar-refractivity contribution in [3.05, 3.63) is 23.3 Å². The zero-order valence-electron chi connectivity index (χ0n) is 10.4. The van der Waals surface area contributed by atoms with Crippen molar-refractivity contribution in [2.45, 2.75) is 44.9 Å². The first-order valence-electron chi connectivity index (χ1n) is 5.85. The topological polar surface area (TPSA) is 18.5 Å². The van der Waals surface area contributed by atoms with Gasteiger partial charge in [0.25, 0.3) is 0 Å². The van der Waals surface area contributed by atoms with Gasteiger partial charge in [-0.3, -0.25) is 0 Å². The smallest absolute Gasteiger partial charge is 0.231 e. The molecule has 1 aromatic rings. The number of rotatable bonds is 0. The summed E-state index contributed by atoms with van der Waals surface area (Å²) in [5.41, 5.74) is 3.31. The molecule has 1 aliphatic heterocycles.